The van der Waals surface area contributed by atoms with Gasteiger partial charge >= 0.3 is 0 Å². The van der Waals surface area contributed by atoms with Crippen LogP contribution in [-0.2, 0) is 4.74 Å². The average Bonchev–Trinajstić information content (AvgIpc) is 3.35. The van der Waals surface area contributed by atoms with Crippen molar-refractivity contribution < 1.29 is 9.47 Å². The fraction of sp³-hybridized carbons (Fsp3) is 0.211. The van der Waals surface area contributed by atoms with Crippen LogP contribution < -0.4 is 15.4 Å². The molecule has 0 fully saturated rings. The number of thioether (sulfide) groups is 1. The van der Waals surface area contributed by atoms with Gasteiger partial charge in [-0.2, -0.15) is 0 Å². The van der Waals surface area contributed by atoms with Crippen molar-refractivity contribution in [3.63, 3.8) is 0 Å². The third-order valence-electron chi connectivity index (χ3n) is 4.55. The van der Waals surface area contributed by atoms with Crippen LogP contribution in [0.3, 0.4) is 0 Å². The molecule has 0 aromatic heterocycles. The Morgan fingerprint density at radius 2 is 2.15 bits per heavy atom. The summed E-state index contributed by atoms with van der Waals surface area (Å²) in [7, 11) is 1.66. The van der Waals surface area contributed by atoms with Crippen LogP contribution in [0.5, 0.6) is 5.75 Å². The molecule has 0 amide bonds. The Kier molecular flexibility index (Phi) is 3.78. The van der Waals surface area contributed by atoms with Gasteiger partial charge < -0.3 is 20.1 Å². The van der Waals surface area contributed by atoms with E-state index < -0.39 is 4.87 Å². The van der Waals surface area contributed by atoms with Crippen molar-refractivity contribution in [3.8, 4) is 5.75 Å². The second-order valence-corrected chi connectivity index (χ2v) is 7.43. The van der Waals surface area contributed by atoms with Gasteiger partial charge in [0.2, 0.25) is 5.90 Å². The van der Waals surface area contributed by atoms with Crippen LogP contribution in [0, 0.1) is 0 Å². The van der Waals surface area contributed by atoms with Crippen molar-refractivity contribution >= 4 is 34.7 Å². The summed E-state index contributed by atoms with van der Waals surface area (Å²) >= 11 is 1.60. The summed E-state index contributed by atoms with van der Waals surface area (Å²) in [4.78, 5) is 13.0. The topological polar surface area (TPSA) is 79.6 Å². The molecule has 3 heterocycles. The first-order valence-electron chi connectivity index (χ1n) is 8.57. The van der Waals surface area contributed by atoms with Gasteiger partial charge in [-0.15, -0.1) is 0 Å². The number of nitrogens with one attached hydrogen (secondary N) is 2. The van der Waals surface area contributed by atoms with Gasteiger partial charge in [-0.25, -0.2) is 15.0 Å². The Labute approximate surface area is 160 Å². The van der Waals surface area contributed by atoms with E-state index in [4.69, 9.17) is 14.5 Å². The second-order valence-electron chi connectivity index (χ2n) is 6.23. The SMILES string of the molecule is COc1ccc(NC2=CC3=CN=CNC34SC(C3=NCCO3)=NC4=C2)cc1. The van der Waals surface area contributed by atoms with Crippen molar-refractivity contribution in [1.82, 2.24) is 5.32 Å². The average molecular weight is 379 g/mol. The van der Waals surface area contributed by atoms with Gasteiger partial charge in [-0.1, -0.05) is 11.8 Å². The van der Waals surface area contributed by atoms with Crippen LogP contribution in [0.25, 0.3) is 0 Å². The van der Waals surface area contributed by atoms with Gasteiger partial charge in [0.15, 0.2) is 9.91 Å². The number of methoxy groups -OCH3 is 1. The Balaban J connectivity index is 1.48. The van der Waals surface area contributed by atoms with Gasteiger partial charge in [0.1, 0.15) is 12.4 Å². The first kappa shape index (κ1) is 16.2. The molecule has 4 aliphatic rings. The van der Waals surface area contributed by atoms with Gasteiger partial charge in [0.25, 0.3) is 0 Å². The fourth-order valence-corrected chi connectivity index (χ4v) is 4.43. The lowest BCUT2D eigenvalue weighted by atomic mass is 9.96. The summed E-state index contributed by atoms with van der Waals surface area (Å²) in [6.07, 6.45) is 7.70. The molecule has 5 rings (SSSR count). The molecule has 0 radical (unpaired) electrons. The van der Waals surface area contributed by atoms with Crippen LogP contribution in [0.4, 0.5) is 5.69 Å². The lowest BCUT2D eigenvalue weighted by Gasteiger charge is -2.34. The van der Waals surface area contributed by atoms with Gasteiger partial charge in [0, 0.05) is 23.2 Å². The highest BCUT2D eigenvalue weighted by atomic mass is 32.2. The zero-order valence-electron chi connectivity index (χ0n) is 14.6. The zero-order chi connectivity index (χ0) is 18.3. The number of allylic oxidation sites excluding steroid dienone is 1. The zero-order valence-corrected chi connectivity index (χ0v) is 15.4. The number of nitrogens with zero attached hydrogens (tertiary/aromatic N) is 3. The third kappa shape index (κ3) is 2.73. The summed E-state index contributed by atoms with van der Waals surface area (Å²) < 4.78 is 10.8. The monoisotopic (exact) mass is 379 g/mol. The van der Waals surface area contributed by atoms with Crippen molar-refractivity contribution in [1.29, 1.82) is 0 Å². The van der Waals surface area contributed by atoms with E-state index in [1.807, 2.05) is 36.5 Å². The third-order valence-corrected chi connectivity index (χ3v) is 5.87. The van der Waals surface area contributed by atoms with E-state index in [2.05, 4.69) is 26.7 Å². The Morgan fingerprint density at radius 3 is 2.93 bits per heavy atom. The molecule has 136 valence electrons. The molecule has 0 saturated heterocycles. The van der Waals surface area contributed by atoms with E-state index in [0.29, 0.717) is 19.0 Å². The van der Waals surface area contributed by atoms with Crippen LogP contribution in [0.2, 0.25) is 0 Å². The molecule has 8 heteroatoms. The summed E-state index contributed by atoms with van der Waals surface area (Å²) in [5, 5.41) is 7.60. The minimum atomic E-state index is -0.476. The second kappa shape index (κ2) is 6.31. The van der Waals surface area contributed by atoms with E-state index in [0.717, 1.165) is 33.4 Å². The number of aliphatic imine (C=N–C) groups is 3. The molecule has 0 bridgehead atoms. The molecular formula is C19H17N5O2S. The van der Waals surface area contributed by atoms with Gasteiger partial charge in [0.05, 0.1) is 25.7 Å². The molecule has 27 heavy (non-hydrogen) atoms. The largest absolute Gasteiger partial charge is 0.497 e. The minimum absolute atomic E-state index is 0.476. The minimum Gasteiger partial charge on any atom is -0.497 e. The highest BCUT2D eigenvalue weighted by molar-refractivity contribution is 8.17. The normalized spacial score (nSPS) is 25.0. The maximum Gasteiger partial charge on any atom is 0.242 e. The highest BCUT2D eigenvalue weighted by Gasteiger charge is 2.48. The number of anilines is 1. The molecule has 3 aliphatic heterocycles. The Morgan fingerprint density at radius 1 is 1.26 bits per heavy atom. The van der Waals surface area contributed by atoms with Crippen LogP contribution >= 0.6 is 11.8 Å². The highest BCUT2D eigenvalue weighted by Crippen LogP contribution is 2.48. The Hall–Kier alpha value is -3.00. The van der Waals surface area contributed by atoms with Gasteiger partial charge in [-0.05, 0) is 36.4 Å². The quantitative estimate of drug-likeness (QED) is 0.841. The summed E-state index contributed by atoms with van der Waals surface area (Å²) in [5.41, 5.74) is 3.84. The number of ether oxygens (including phenoxy) is 2. The molecule has 0 saturated carbocycles. The maximum absolute atomic E-state index is 5.61. The van der Waals surface area contributed by atoms with Crippen LogP contribution in [0.15, 0.2) is 74.6 Å². The summed E-state index contributed by atoms with van der Waals surface area (Å²) in [6.45, 7) is 1.29. The number of hydrogen-bond acceptors (Lipinski definition) is 8. The maximum atomic E-state index is 5.61. The van der Waals surface area contributed by atoms with Crippen molar-refractivity contribution in [2.24, 2.45) is 15.0 Å². The number of hydrogen-bond donors (Lipinski definition) is 2. The standard InChI is InChI=1S/C19H17N5O2S/c1-25-15-4-2-13(3-5-15)23-14-8-12-10-20-11-22-19(12)16(9-14)24-18(27-19)17-21-6-7-26-17/h2-5,8-11,23H,6-7H2,1H3,(H,20,22). The van der Waals surface area contributed by atoms with Crippen molar-refractivity contribution in [3.05, 3.63) is 59.6 Å². The van der Waals surface area contributed by atoms with E-state index >= 15 is 0 Å². The van der Waals surface area contributed by atoms with E-state index in [1.165, 1.54) is 0 Å². The van der Waals surface area contributed by atoms with Gasteiger partial charge in [-0.3, -0.25) is 0 Å². The molecule has 1 atom stereocenters. The van der Waals surface area contributed by atoms with Crippen LogP contribution in [0.1, 0.15) is 0 Å². The predicted octanol–water partition coefficient (Wildman–Crippen LogP) is 2.67. The molecule has 1 aromatic rings. The molecule has 1 aliphatic carbocycles. The molecule has 7 nitrogen and oxygen atoms in total. The molecule has 1 aromatic carbocycles. The van der Waals surface area contributed by atoms with E-state index in [9.17, 15) is 0 Å². The fourth-order valence-electron chi connectivity index (χ4n) is 3.24. The summed E-state index contributed by atoms with van der Waals surface area (Å²) in [6, 6.07) is 7.80. The smallest absolute Gasteiger partial charge is 0.242 e. The number of rotatable bonds is 4. The van der Waals surface area contributed by atoms with E-state index in [-0.39, 0.29) is 0 Å². The van der Waals surface area contributed by atoms with E-state index in [1.54, 1.807) is 25.2 Å². The Bertz CT molecular complexity index is 974. The van der Waals surface area contributed by atoms with Crippen molar-refractivity contribution in [2.45, 2.75) is 4.87 Å². The lowest BCUT2D eigenvalue weighted by Crippen LogP contribution is -2.45. The molecule has 2 N–H and O–H groups in total. The lowest BCUT2D eigenvalue weighted by molar-refractivity contribution is 0.353. The van der Waals surface area contributed by atoms with Crippen LogP contribution in [-0.4, -0.2) is 42.4 Å². The molecular weight excluding hydrogens is 362 g/mol. The number of benzene rings is 1. The first-order chi connectivity index (χ1) is 13.3. The summed E-state index contributed by atoms with van der Waals surface area (Å²) in [5.74, 6) is 1.45. The molecule has 1 spiro atoms. The van der Waals surface area contributed by atoms with Crippen molar-refractivity contribution in [2.75, 3.05) is 25.6 Å². The first-order valence-corrected chi connectivity index (χ1v) is 9.39. The predicted molar refractivity (Wildman–Crippen MR) is 109 cm³/mol. The molecule has 1 unspecified atom stereocenters.